The Morgan fingerprint density at radius 2 is 1.67 bits per heavy atom. The molecule has 10 heteroatoms. The van der Waals surface area contributed by atoms with Gasteiger partial charge in [-0.05, 0) is 56.1 Å². The largest absolute Gasteiger partial charge is 0.455 e. The van der Waals surface area contributed by atoms with Crippen LogP contribution in [0.2, 0.25) is 0 Å². The summed E-state index contributed by atoms with van der Waals surface area (Å²) < 4.78 is 13.0. The van der Waals surface area contributed by atoms with Crippen molar-refractivity contribution in [3.8, 4) is 0 Å². The van der Waals surface area contributed by atoms with E-state index in [9.17, 15) is 19.5 Å². The van der Waals surface area contributed by atoms with Gasteiger partial charge in [0.2, 0.25) is 17.7 Å². The minimum absolute atomic E-state index is 0.0426. The maximum absolute atomic E-state index is 15.2. The molecule has 1 spiro atoms. The monoisotopic (exact) mass is 713 g/mol. The van der Waals surface area contributed by atoms with E-state index in [1.54, 1.807) is 17.1 Å². The van der Waals surface area contributed by atoms with Crippen molar-refractivity contribution in [1.82, 2.24) is 15.1 Å². The first-order chi connectivity index (χ1) is 24.7. The predicted molar refractivity (Wildman–Crippen MR) is 198 cm³/mol. The lowest BCUT2D eigenvalue weighted by molar-refractivity contribution is -0.161. The lowest BCUT2D eigenvalue weighted by Crippen LogP contribution is -2.61. The Bertz CT molecular complexity index is 1620. The maximum Gasteiger partial charge on any atom is 0.313 e. The first-order valence-corrected chi connectivity index (χ1v) is 18.4. The molecule has 2 aromatic rings. The number of likely N-dealkylation sites (tertiary alicyclic amines) is 1. The molecule has 3 saturated heterocycles. The molecule has 7 atom stereocenters. The first kappa shape index (κ1) is 38.9. The molecule has 3 amide bonds. The summed E-state index contributed by atoms with van der Waals surface area (Å²) in [5.41, 5.74) is -0.714. The number of rotatable bonds is 16. The fourth-order valence-electron chi connectivity index (χ4n) is 8.95. The number of carbonyl (C=O) groups is 4. The molecule has 2 N–H and O–H groups in total. The highest BCUT2D eigenvalue weighted by Crippen LogP contribution is 2.60. The van der Waals surface area contributed by atoms with Crippen LogP contribution in [0.5, 0.6) is 0 Å². The van der Waals surface area contributed by atoms with Gasteiger partial charge in [-0.1, -0.05) is 93.6 Å². The van der Waals surface area contributed by atoms with Crippen molar-refractivity contribution in [2.75, 3.05) is 19.7 Å². The second-order valence-corrected chi connectivity index (χ2v) is 16.2. The molecule has 0 aromatic heterocycles. The van der Waals surface area contributed by atoms with Crippen molar-refractivity contribution in [1.29, 1.82) is 0 Å². The summed E-state index contributed by atoms with van der Waals surface area (Å²) in [6, 6.07) is 16.3. The van der Waals surface area contributed by atoms with E-state index in [2.05, 4.69) is 39.2 Å². The zero-order valence-electron chi connectivity index (χ0n) is 31.3. The summed E-state index contributed by atoms with van der Waals surface area (Å²) in [5.74, 6) is -3.56. The highest BCUT2D eigenvalue weighted by atomic mass is 16.6. The summed E-state index contributed by atoms with van der Waals surface area (Å²) in [6.45, 7) is 17.9. The van der Waals surface area contributed by atoms with E-state index in [1.165, 1.54) is 4.90 Å². The fraction of sp³-hybridized carbons (Fsp3) is 0.524. The van der Waals surface area contributed by atoms with E-state index in [4.69, 9.17) is 9.47 Å². The summed E-state index contributed by atoms with van der Waals surface area (Å²) in [7, 11) is 0. The number of hydrogen-bond acceptors (Lipinski definition) is 7. The molecule has 0 unspecified atom stereocenters. The zero-order valence-corrected chi connectivity index (χ0v) is 31.3. The number of hydrogen-bond donors (Lipinski definition) is 2. The number of fused-ring (bicyclic) bond motifs is 1. The van der Waals surface area contributed by atoms with Gasteiger partial charge < -0.3 is 29.7 Å². The van der Waals surface area contributed by atoms with Crippen molar-refractivity contribution in [3.05, 3.63) is 97.1 Å². The highest BCUT2D eigenvalue weighted by Gasteiger charge is 2.76. The van der Waals surface area contributed by atoms with Crippen molar-refractivity contribution in [2.45, 2.75) is 102 Å². The Hall–Kier alpha value is -4.28. The van der Waals surface area contributed by atoms with Gasteiger partial charge in [-0.15, -0.1) is 13.2 Å². The smallest absolute Gasteiger partial charge is 0.313 e. The average molecular weight is 714 g/mol. The summed E-state index contributed by atoms with van der Waals surface area (Å²) in [6.07, 6.45) is 4.17. The van der Waals surface area contributed by atoms with E-state index >= 15 is 4.79 Å². The van der Waals surface area contributed by atoms with Crippen LogP contribution in [-0.4, -0.2) is 81.6 Å². The topological polar surface area (TPSA) is 125 Å². The van der Waals surface area contributed by atoms with Crippen LogP contribution in [0.3, 0.4) is 0 Å². The van der Waals surface area contributed by atoms with Gasteiger partial charge in [0.25, 0.3) is 0 Å². The molecule has 280 valence electrons. The van der Waals surface area contributed by atoms with Gasteiger partial charge in [0.1, 0.15) is 17.7 Å². The third kappa shape index (κ3) is 7.74. The van der Waals surface area contributed by atoms with Gasteiger partial charge in [0.15, 0.2) is 0 Å². The van der Waals surface area contributed by atoms with Crippen molar-refractivity contribution in [2.24, 2.45) is 17.3 Å². The molecule has 0 saturated carbocycles. The van der Waals surface area contributed by atoms with Crippen LogP contribution in [0.1, 0.15) is 90.0 Å². The molecule has 2 bridgehead atoms. The Kier molecular flexibility index (Phi) is 11.8. The van der Waals surface area contributed by atoms with Gasteiger partial charge in [-0.3, -0.25) is 19.2 Å². The number of aliphatic hydroxyl groups is 1. The van der Waals surface area contributed by atoms with E-state index < -0.39 is 65.8 Å². The molecule has 0 radical (unpaired) electrons. The van der Waals surface area contributed by atoms with E-state index in [-0.39, 0.29) is 36.7 Å². The third-order valence-corrected chi connectivity index (χ3v) is 10.7. The lowest BCUT2D eigenvalue weighted by atomic mass is 9.70. The molecular weight excluding hydrogens is 658 g/mol. The van der Waals surface area contributed by atoms with Crippen LogP contribution in [-0.2, 0) is 28.7 Å². The van der Waals surface area contributed by atoms with Gasteiger partial charge in [-0.2, -0.15) is 0 Å². The summed E-state index contributed by atoms with van der Waals surface area (Å²) >= 11 is 0. The number of nitrogens with one attached hydrogen (secondary N) is 1. The molecule has 3 aliphatic heterocycles. The molecule has 3 fully saturated rings. The number of benzene rings is 2. The van der Waals surface area contributed by atoms with E-state index in [0.29, 0.717) is 36.8 Å². The van der Waals surface area contributed by atoms with Crippen LogP contribution in [0, 0.1) is 17.3 Å². The quantitative estimate of drug-likeness (QED) is 0.169. The maximum atomic E-state index is 15.2. The molecule has 2 aromatic carbocycles. The molecule has 5 rings (SSSR count). The average Bonchev–Trinajstić information content (AvgIpc) is 3.75. The van der Waals surface area contributed by atoms with Crippen LogP contribution < -0.4 is 5.32 Å². The fourth-order valence-corrected chi connectivity index (χ4v) is 8.95. The standard InChI is InChI=1S/C42H55N3O7/c1-8-10-21-33(47)43-25-32(29-19-15-12-16-20-29)51-39(50)34-31-22-23-42(52-31)35(34)37(48)45(30(26-46)28-17-13-11-14-18-28)36(42)38(49)44(24-9-2)41(6,7)27-40(3,4)5/h8-9,11-20,30-32,34-36,46H,1-2,10,21-27H2,3-7H3,(H,43,47)/t30-,31-,32+,34+,35+,36-,42+/m1/s1. The van der Waals surface area contributed by atoms with Crippen LogP contribution in [0.25, 0.3) is 0 Å². The first-order valence-electron chi connectivity index (χ1n) is 18.4. The third-order valence-electron chi connectivity index (χ3n) is 10.7. The molecule has 3 aliphatic rings. The van der Waals surface area contributed by atoms with E-state index in [1.807, 2.05) is 74.5 Å². The molecule has 52 heavy (non-hydrogen) atoms. The molecule has 10 nitrogen and oxygen atoms in total. The number of nitrogens with zero attached hydrogens (tertiary/aromatic N) is 2. The number of allylic oxidation sites excluding steroid dienone is 1. The number of ether oxygens (including phenoxy) is 2. The Morgan fingerprint density at radius 1 is 1.04 bits per heavy atom. The Morgan fingerprint density at radius 3 is 2.25 bits per heavy atom. The van der Waals surface area contributed by atoms with Crippen LogP contribution in [0.4, 0.5) is 0 Å². The SMILES string of the molecule is C=CCCC(=O)NC[C@H](OC(=O)[C@@H]1[C@H]2C(=O)N([C@H](CO)c3ccccc3)[C@H](C(=O)N(CC=C)C(C)(C)CC(C)(C)C)[C@]23CC[C@H]1O3)c1ccccc1. The highest BCUT2D eigenvalue weighted by molar-refractivity contribution is 5.98. The van der Waals surface area contributed by atoms with Crippen LogP contribution in [0.15, 0.2) is 86.0 Å². The van der Waals surface area contributed by atoms with Crippen molar-refractivity contribution < 1.29 is 33.8 Å². The minimum atomic E-state index is -1.32. The number of aliphatic hydroxyl groups excluding tert-OH is 1. The van der Waals surface area contributed by atoms with Crippen molar-refractivity contribution in [3.63, 3.8) is 0 Å². The Balaban J connectivity index is 1.54. The molecule has 0 aliphatic carbocycles. The summed E-state index contributed by atoms with van der Waals surface area (Å²) in [5, 5.41) is 13.8. The summed E-state index contributed by atoms with van der Waals surface area (Å²) in [4.78, 5) is 60.4. The van der Waals surface area contributed by atoms with E-state index in [0.717, 1.165) is 0 Å². The second-order valence-electron chi connectivity index (χ2n) is 16.2. The van der Waals surface area contributed by atoms with Crippen LogP contribution >= 0.6 is 0 Å². The number of esters is 1. The normalized spacial score (nSPS) is 24.9. The molecular formula is C42H55N3O7. The van der Waals surface area contributed by atoms with Gasteiger partial charge >= 0.3 is 5.97 Å². The number of amides is 3. The predicted octanol–water partition coefficient (Wildman–Crippen LogP) is 5.69. The number of carbonyl (C=O) groups excluding carboxylic acids is 4. The lowest BCUT2D eigenvalue weighted by Gasteiger charge is -2.46. The van der Waals surface area contributed by atoms with Gasteiger partial charge in [0.05, 0.1) is 37.1 Å². The minimum Gasteiger partial charge on any atom is -0.455 e. The molecule has 3 heterocycles. The second kappa shape index (κ2) is 15.8. The van der Waals surface area contributed by atoms with Gasteiger partial charge in [-0.25, -0.2) is 0 Å². The Labute approximate surface area is 308 Å². The van der Waals surface area contributed by atoms with Gasteiger partial charge in [0, 0.05) is 18.5 Å². The zero-order chi connectivity index (χ0) is 37.8. The van der Waals surface area contributed by atoms with Crippen molar-refractivity contribution >= 4 is 23.7 Å².